The van der Waals surface area contributed by atoms with Gasteiger partial charge in [0.15, 0.2) is 11.5 Å². The van der Waals surface area contributed by atoms with Crippen LogP contribution in [0.1, 0.15) is 37.7 Å². The van der Waals surface area contributed by atoms with Crippen molar-refractivity contribution in [1.82, 2.24) is 20.3 Å². The Kier molecular flexibility index (Phi) is 6.97. The number of nitrogens with one attached hydrogen (secondary N) is 1. The van der Waals surface area contributed by atoms with E-state index in [1.54, 1.807) is 14.1 Å². The highest BCUT2D eigenvalue weighted by atomic mass is 19.1. The molecule has 7 nitrogen and oxygen atoms in total. The molecule has 1 fully saturated rings. The maximum absolute atomic E-state index is 14.0. The molecule has 3 rings (SSSR count). The van der Waals surface area contributed by atoms with Gasteiger partial charge in [-0.2, -0.15) is 0 Å². The zero-order valence-electron chi connectivity index (χ0n) is 19.1. The normalized spacial score (nSPS) is 19.6. The average Bonchev–Trinajstić information content (AvgIpc) is 3.17. The highest BCUT2D eigenvalue weighted by Gasteiger charge is 2.37. The van der Waals surface area contributed by atoms with E-state index in [9.17, 15) is 18.4 Å². The molecule has 2 atom stereocenters. The van der Waals surface area contributed by atoms with E-state index in [2.05, 4.69) is 36.1 Å². The molecule has 9 heteroatoms. The number of hydrogen-bond acceptors (Lipinski definition) is 5. The molecule has 1 saturated heterocycles. The number of aromatic nitrogens is 1. The van der Waals surface area contributed by atoms with Gasteiger partial charge in [-0.25, -0.2) is 8.78 Å². The fourth-order valence-electron chi connectivity index (χ4n) is 4.03. The van der Waals surface area contributed by atoms with E-state index in [0.29, 0.717) is 13.0 Å². The van der Waals surface area contributed by atoms with Crippen LogP contribution in [0.3, 0.4) is 0 Å². The van der Waals surface area contributed by atoms with Crippen LogP contribution in [0, 0.1) is 23.0 Å². The molecular weight excluding hydrogens is 418 g/mol. The van der Waals surface area contributed by atoms with Crippen LogP contribution < -0.4 is 5.32 Å². The number of rotatable bonds is 5. The highest BCUT2D eigenvalue weighted by Crippen LogP contribution is 2.26. The zero-order valence-corrected chi connectivity index (χ0v) is 19.1. The van der Waals surface area contributed by atoms with Crippen LogP contribution in [0.15, 0.2) is 28.8 Å². The minimum atomic E-state index is -0.809. The van der Waals surface area contributed by atoms with E-state index in [1.165, 1.54) is 17.0 Å². The monoisotopic (exact) mass is 448 g/mol. The van der Waals surface area contributed by atoms with E-state index in [-0.39, 0.29) is 34.4 Å². The van der Waals surface area contributed by atoms with E-state index in [4.69, 9.17) is 4.52 Å². The van der Waals surface area contributed by atoms with Crippen LogP contribution in [0.4, 0.5) is 8.78 Å². The van der Waals surface area contributed by atoms with Gasteiger partial charge in [0.1, 0.15) is 11.6 Å². The number of halogens is 2. The lowest BCUT2D eigenvalue weighted by molar-refractivity contribution is -0.135. The molecule has 174 valence electrons. The molecule has 1 aromatic heterocycles. The second kappa shape index (κ2) is 9.36. The molecule has 0 bridgehead atoms. The molecule has 2 aromatic rings. The van der Waals surface area contributed by atoms with Crippen molar-refractivity contribution in [3.05, 3.63) is 41.6 Å². The Balaban J connectivity index is 1.74. The Morgan fingerprint density at radius 1 is 1.25 bits per heavy atom. The standard InChI is InChI=1S/C23H30F2N4O3/c1-23(2,3)13-29-9-8-18(16(12-29)22(31)28(4)5)26-21(30)19-11-20(32-27-19)15-7-6-14(24)10-17(15)25/h6-7,10-11,16,18H,8-9,12-13H2,1-5H3,(H,26,30). The van der Waals surface area contributed by atoms with E-state index >= 15 is 0 Å². The first-order valence-electron chi connectivity index (χ1n) is 10.6. The second-order valence-electron chi connectivity index (χ2n) is 9.70. The summed E-state index contributed by atoms with van der Waals surface area (Å²) in [7, 11) is 3.40. The number of carbonyl (C=O) groups excluding carboxylic acids is 2. The third-order valence-corrected chi connectivity index (χ3v) is 5.41. The number of carbonyl (C=O) groups is 2. The van der Waals surface area contributed by atoms with E-state index in [1.807, 2.05) is 0 Å². The number of nitrogens with zero attached hydrogens (tertiary/aromatic N) is 3. The summed E-state index contributed by atoms with van der Waals surface area (Å²) in [5, 5.41) is 6.64. The molecule has 2 unspecified atom stereocenters. The number of hydrogen-bond donors (Lipinski definition) is 1. The van der Waals surface area contributed by atoms with Gasteiger partial charge in [-0.3, -0.25) is 9.59 Å². The predicted molar refractivity (Wildman–Crippen MR) is 116 cm³/mol. The molecule has 1 aromatic carbocycles. The minimum absolute atomic E-state index is 0.00843. The maximum atomic E-state index is 14.0. The van der Waals surface area contributed by atoms with Crippen LogP contribution >= 0.6 is 0 Å². The predicted octanol–water partition coefficient (Wildman–Crippen LogP) is 3.17. The minimum Gasteiger partial charge on any atom is -0.355 e. The van der Waals surface area contributed by atoms with Crippen molar-refractivity contribution >= 4 is 11.8 Å². The Bertz CT molecular complexity index is 984. The fraction of sp³-hybridized carbons (Fsp3) is 0.522. The van der Waals surface area contributed by atoms with Crippen molar-refractivity contribution in [2.75, 3.05) is 33.7 Å². The van der Waals surface area contributed by atoms with Gasteiger partial charge < -0.3 is 19.6 Å². The molecule has 0 aliphatic carbocycles. The van der Waals surface area contributed by atoms with E-state index < -0.39 is 23.5 Å². The van der Waals surface area contributed by atoms with Gasteiger partial charge in [0.2, 0.25) is 5.91 Å². The van der Waals surface area contributed by atoms with Crippen molar-refractivity contribution < 1.29 is 22.9 Å². The molecule has 32 heavy (non-hydrogen) atoms. The second-order valence-corrected chi connectivity index (χ2v) is 9.70. The quantitative estimate of drug-likeness (QED) is 0.760. The lowest BCUT2D eigenvalue weighted by Gasteiger charge is -2.41. The van der Waals surface area contributed by atoms with E-state index in [0.717, 1.165) is 25.2 Å². The molecule has 1 N–H and O–H groups in total. The third-order valence-electron chi connectivity index (χ3n) is 5.41. The summed E-state index contributed by atoms with van der Waals surface area (Å²) in [6.45, 7) is 8.59. The summed E-state index contributed by atoms with van der Waals surface area (Å²) in [5.41, 5.74) is 0.0696. The van der Waals surface area contributed by atoms with Crippen molar-refractivity contribution in [2.45, 2.75) is 33.2 Å². The Labute approximate surface area is 186 Å². The highest BCUT2D eigenvalue weighted by molar-refractivity contribution is 5.94. The number of amides is 2. The van der Waals surface area contributed by atoms with Crippen LogP contribution in [0.5, 0.6) is 0 Å². The SMILES string of the molecule is CN(C)C(=O)C1CN(CC(C)(C)C)CCC1NC(=O)c1cc(-c2ccc(F)cc2F)on1. The molecule has 0 spiro atoms. The van der Waals surface area contributed by atoms with Crippen molar-refractivity contribution in [3.63, 3.8) is 0 Å². The molecule has 1 aliphatic rings. The summed E-state index contributed by atoms with van der Waals surface area (Å²) >= 11 is 0. The zero-order chi connectivity index (χ0) is 23.6. The number of likely N-dealkylation sites (tertiary alicyclic amines) is 1. The Morgan fingerprint density at radius 2 is 1.97 bits per heavy atom. The van der Waals surface area contributed by atoms with Crippen LogP contribution in [0.25, 0.3) is 11.3 Å². The molecule has 2 amide bonds. The lowest BCUT2D eigenvalue weighted by Crippen LogP contribution is -2.56. The van der Waals surface area contributed by atoms with Crippen molar-refractivity contribution in [3.8, 4) is 11.3 Å². The topological polar surface area (TPSA) is 78.7 Å². The van der Waals surface area contributed by atoms with Gasteiger partial charge in [-0.1, -0.05) is 25.9 Å². The van der Waals surface area contributed by atoms with Gasteiger partial charge in [-0.15, -0.1) is 0 Å². The van der Waals surface area contributed by atoms with Gasteiger partial charge in [0.05, 0.1) is 11.5 Å². The molecule has 0 saturated carbocycles. The van der Waals surface area contributed by atoms with Crippen LogP contribution in [0.2, 0.25) is 0 Å². The fourth-order valence-corrected chi connectivity index (χ4v) is 4.03. The molecular formula is C23H30F2N4O3. The third kappa shape index (κ3) is 5.70. The number of piperidine rings is 1. The van der Waals surface area contributed by atoms with Crippen LogP contribution in [-0.4, -0.2) is 66.5 Å². The Morgan fingerprint density at radius 3 is 2.59 bits per heavy atom. The first-order valence-corrected chi connectivity index (χ1v) is 10.6. The number of benzene rings is 1. The first-order chi connectivity index (χ1) is 14.9. The van der Waals surface area contributed by atoms with Crippen LogP contribution in [-0.2, 0) is 4.79 Å². The van der Waals surface area contributed by atoms with Crippen molar-refractivity contribution in [2.24, 2.45) is 11.3 Å². The molecule has 0 radical (unpaired) electrons. The van der Waals surface area contributed by atoms with Gasteiger partial charge >= 0.3 is 0 Å². The lowest BCUT2D eigenvalue weighted by atomic mass is 9.88. The largest absolute Gasteiger partial charge is 0.355 e. The molecule has 2 heterocycles. The summed E-state index contributed by atoms with van der Waals surface area (Å²) in [4.78, 5) is 29.4. The summed E-state index contributed by atoms with van der Waals surface area (Å²) in [5.74, 6) is -2.45. The summed E-state index contributed by atoms with van der Waals surface area (Å²) in [6, 6.07) is 4.01. The first kappa shape index (κ1) is 23.8. The molecule has 1 aliphatic heterocycles. The Hall–Kier alpha value is -2.81. The van der Waals surface area contributed by atoms with Gasteiger partial charge in [0.25, 0.3) is 5.91 Å². The van der Waals surface area contributed by atoms with Gasteiger partial charge in [-0.05, 0) is 24.0 Å². The summed E-state index contributed by atoms with van der Waals surface area (Å²) < 4.78 is 32.3. The average molecular weight is 449 g/mol. The van der Waals surface area contributed by atoms with Gasteiger partial charge in [0, 0.05) is 51.9 Å². The summed E-state index contributed by atoms with van der Waals surface area (Å²) in [6.07, 6.45) is 0.614. The smallest absolute Gasteiger partial charge is 0.273 e. The maximum Gasteiger partial charge on any atom is 0.273 e. The van der Waals surface area contributed by atoms with Crippen molar-refractivity contribution in [1.29, 1.82) is 0 Å².